The van der Waals surface area contributed by atoms with E-state index in [1.165, 1.54) is 5.56 Å². The number of rotatable bonds is 10. The lowest BCUT2D eigenvalue weighted by molar-refractivity contribution is -0.119. The Hall–Kier alpha value is -3.10. The van der Waals surface area contributed by atoms with E-state index in [2.05, 4.69) is 34.3 Å². The molecule has 1 N–H and O–H groups in total. The van der Waals surface area contributed by atoms with Crippen LogP contribution in [0.5, 0.6) is 11.5 Å². The highest BCUT2D eigenvalue weighted by Gasteiger charge is 2.23. The number of likely N-dealkylation sites (N-methyl/N-ethyl adjacent to an activating group) is 1. The molecular formula is C27H36N4O4. The lowest BCUT2D eigenvalue weighted by Gasteiger charge is -2.34. The average Bonchev–Trinajstić information content (AvgIpc) is 3.28. The Kier molecular flexibility index (Phi) is 8.60. The third-order valence-electron chi connectivity index (χ3n) is 6.62. The number of ether oxygens (including phenoxy) is 2. The Balaban J connectivity index is 1.17. The van der Waals surface area contributed by atoms with E-state index in [9.17, 15) is 9.59 Å². The molecule has 2 aliphatic rings. The van der Waals surface area contributed by atoms with Crippen molar-refractivity contribution in [1.82, 2.24) is 20.0 Å². The zero-order chi connectivity index (χ0) is 24.6. The average molecular weight is 481 g/mol. The van der Waals surface area contributed by atoms with Crippen LogP contribution < -0.4 is 14.8 Å². The molecule has 2 amide bonds. The van der Waals surface area contributed by atoms with Crippen molar-refractivity contribution in [2.45, 2.75) is 25.4 Å². The van der Waals surface area contributed by atoms with Gasteiger partial charge >= 0.3 is 0 Å². The van der Waals surface area contributed by atoms with Gasteiger partial charge in [-0.3, -0.25) is 14.5 Å². The molecule has 2 fully saturated rings. The molecule has 4 rings (SSSR count). The van der Waals surface area contributed by atoms with Crippen LogP contribution in [0.3, 0.4) is 0 Å². The molecule has 2 heterocycles. The smallest absolute Gasteiger partial charge is 0.254 e. The van der Waals surface area contributed by atoms with Crippen molar-refractivity contribution in [2.75, 3.05) is 60.0 Å². The van der Waals surface area contributed by atoms with Gasteiger partial charge in [0.2, 0.25) is 5.91 Å². The number of benzene rings is 2. The molecule has 0 aromatic heterocycles. The minimum absolute atomic E-state index is 0.0527. The molecule has 0 saturated carbocycles. The minimum Gasteiger partial charge on any atom is -0.497 e. The summed E-state index contributed by atoms with van der Waals surface area (Å²) in [6, 6.07) is 15.8. The van der Waals surface area contributed by atoms with Gasteiger partial charge in [0.15, 0.2) is 0 Å². The van der Waals surface area contributed by atoms with Crippen LogP contribution in [0.4, 0.5) is 0 Å². The number of carbonyl (C=O) groups excluding carboxylic acids is 2. The van der Waals surface area contributed by atoms with Crippen LogP contribution in [0.15, 0.2) is 48.5 Å². The van der Waals surface area contributed by atoms with Crippen LogP contribution in [-0.2, 0) is 11.3 Å². The summed E-state index contributed by atoms with van der Waals surface area (Å²) in [6.07, 6.45) is 1.55. The first-order valence-electron chi connectivity index (χ1n) is 12.4. The Morgan fingerprint density at radius 2 is 1.86 bits per heavy atom. The first-order chi connectivity index (χ1) is 17.0. The van der Waals surface area contributed by atoms with Gasteiger partial charge in [-0.15, -0.1) is 0 Å². The van der Waals surface area contributed by atoms with Crippen molar-refractivity contribution >= 4 is 11.8 Å². The first kappa shape index (κ1) is 25.0. The molecule has 2 aromatic carbocycles. The summed E-state index contributed by atoms with van der Waals surface area (Å²) in [7, 11) is 3.69. The summed E-state index contributed by atoms with van der Waals surface area (Å²) in [4.78, 5) is 30.7. The number of hydrogen-bond acceptors (Lipinski definition) is 6. The van der Waals surface area contributed by atoms with E-state index >= 15 is 0 Å². The zero-order valence-corrected chi connectivity index (χ0v) is 20.7. The van der Waals surface area contributed by atoms with Gasteiger partial charge in [-0.1, -0.05) is 18.2 Å². The molecular weight excluding hydrogens is 444 g/mol. The second-order valence-corrected chi connectivity index (χ2v) is 9.36. The van der Waals surface area contributed by atoms with Crippen molar-refractivity contribution in [3.05, 3.63) is 59.7 Å². The predicted octanol–water partition coefficient (Wildman–Crippen LogP) is 2.24. The van der Waals surface area contributed by atoms with E-state index < -0.39 is 0 Å². The maximum absolute atomic E-state index is 12.8. The van der Waals surface area contributed by atoms with E-state index in [1.807, 2.05) is 35.2 Å². The summed E-state index contributed by atoms with van der Waals surface area (Å²) in [5, 5.41) is 3.03. The van der Waals surface area contributed by atoms with E-state index in [0.717, 1.165) is 44.9 Å². The molecule has 0 unspecified atom stereocenters. The SMILES string of the molecule is COc1cccc(C(=O)N2CCN(CCOc3cccc(CN(C)C[C@@H]4CCC(=O)N4)c3)CC2)c1. The predicted molar refractivity (Wildman–Crippen MR) is 135 cm³/mol. The first-order valence-corrected chi connectivity index (χ1v) is 12.4. The molecule has 188 valence electrons. The fraction of sp³-hybridized carbons (Fsp3) is 0.481. The largest absolute Gasteiger partial charge is 0.497 e. The summed E-state index contributed by atoms with van der Waals surface area (Å²) in [5.74, 6) is 1.78. The standard InChI is InChI=1S/C27H36N4O4/c1-29(20-23-9-10-26(32)28-23)19-21-5-3-8-25(17-21)35-16-15-30-11-13-31(14-12-30)27(33)22-6-4-7-24(18-22)34-2/h3-8,17-18,23H,9-16,19-20H2,1-2H3,(H,28,32)/t23-/m0/s1. The molecule has 0 radical (unpaired) electrons. The molecule has 2 aromatic rings. The zero-order valence-electron chi connectivity index (χ0n) is 20.7. The summed E-state index contributed by atoms with van der Waals surface area (Å²) >= 11 is 0. The van der Waals surface area contributed by atoms with Gasteiger partial charge in [0.1, 0.15) is 18.1 Å². The van der Waals surface area contributed by atoms with E-state index in [0.29, 0.717) is 37.4 Å². The van der Waals surface area contributed by atoms with E-state index in [1.54, 1.807) is 13.2 Å². The van der Waals surface area contributed by atoms with Crippen molar-refractivity contribution in [1.29, 1.82) is 0 Å². The number of amides is 2. The van der Waals surface area contributed by atoms with Crippen molar-refractivity contribution in [3.63, 3.8) is 0 Å². The maximum Gasteiger partial charge on any atom is 0.254 e. The molecule has 1 atom stereocenters. The third-order valence-corrected chi connectivity index (χ3v) is 6.62. The third kappa shape index (κ3) is 7.19. The second kappa shape index (κ2) is 12.0. The number of carbonyl (C=O) groups is 2. The number of piperazine rings is 1. The van der Waals surface area contributed by atoms with Crippen molar-refractivity contribution in [3.8, 4) is 11.5 Å². The van der Waals surface area contributed by atoms with Crippen molar-refractivity contribution < 1.29 is 19.1 Å². The highest BCUT2D eigenvalue weighted by Crippen LogP contribution is 2.17. The van der Waals surface area contributed by atoms with Crippen LogP contribution in [-0.4, -0.2) is 92.6 Å². The molecule has 0 bridgehead atoms. The van der Waals surface area contributed by atoms with Crippen LogP contribution in [0, 0.1) is 0 Å². The summed E-state index contributed by atoms with van der Waals surface area (Å²) < 4.78 is 11.3. The molecule has 8 heteroatoms. The van der Waals surface area contributed by atoms with Gasteiger partial charge in [-0.2, -0.15) is 0 Å². The van der Waals surface area contributed by atoms with Gasteiger partial charge in [0.05, 0.1) is 7.11 Å². The Morgan fingerprint density at radius 3 is 2.60 bits per heavy atom. The molecule has 0 aliphatic carbocycles. The Labute approximate surface area is 207 Å². The van der Waals surface area contributed by atoms with Gasteiger partial charge in [0.25, 0.3) is 5.91 Å². The van der Waals surface area contributed by atoms with Gasteiger partial charge in [0, 0.05) is 63.8 Å². The monoisotopic (exact) mass is 480 g/mol. The summed E-state index contributed by atoms with van der Waals surface area (Å²) in [6.45, 7) is 6.18. The number of nitrogens with one attached hydrogen (secondary N) is 1. The topological polar surface area (TPSA) is 74.4 Å². The molecule has 0 spiro atoms. The number of hydrogen-bond donors (Lipinski definition) is 1. The lowest BCUT2D eigenvalue weighted by atomic mass is 10.1. The Bertz CT molecular complexity index is 1010. The minimum atomic E-state index is 0.0527. The Morgan fingerprint density at radius 1 is 1.09 bits per heavy atom. The van der Waals surface area contributed by atoms with Gasteiger partial charge in [-0.25, -0.2) is 0 Å². The van der Waals surface area contributed by atoms with Crippen molar-refractivity contribution in [2.24, 2.45) is 0 Å². The van der Waals surface area contributed by atoms with Gasteiger partial charge < -0.3 is 24.6 Å². The normalized spacial score (nSPS) is 18.5. The van der Waals surface area contributed by atoms with Gasteiger partial charge in [-0.05, 0) is 49.4 Å². The molecule has 35 heavy (non-hydrogen) atoms. The number of nitrogens with zero attached hydrogens (tertiary/aromatic N) is 3. The van der Waals surface area contributed by atoms with Crippen LogP contribution in [0.1, 0.15) is 28.8 Å². The fourth-order valence-corrected chi connectivity index (χ4v) is 4.71. The molecule has 8 nitrogen and oxygen atoms in total. The molecule has 2 aliphatic heterocycles. The summed E-state index contributed by atoms with van der Waals surface area (Å²) in [5.41, 5.74) is 1.86. The maximum atomic E-state index is 12.8. The van der Waals surface area contributed by atoms with Crippen LogP contribution in [0.2, 0.25) is 0 Å². The fourth-order valence-electron chi connectivity index (χ4n) is 4.71. The lowest BCUT2D eigenvalue weighted by Crippen LogP contribution is -2.49. The van der Waals surface area contributed by atoms with Crippen LogP contribution in [0.25, 0.3) is 0 Å². The molecule has 2 saturated heterocycles. The quantitative estimate of drug-likeness (QED) is 0.562. The highest BCUT2D eigenvalue weighted by atomic mass is 16.5. The van der Waals surface area contributed by atoms with Crippen LogP contribution >= 0.6 is 0 Å². The van der Waals surface area contributed by atoms with E-state index in [4.69, 9.17) is 9.47 Å². The highest BCUT2D eigenvalue weighted by molar-refractivity contribution is 5.94. The number of methoxy groups -OCH3 is 1. The second-order valence-electron chi connectivity index (χ2n) is 9.36. The van der Waals surface area contributed by atoms with E-state index in [-0.39, 0.29) is 17.9 Å².